The van der Waals surface area contributed by atoms with Crippen LogP contribution in [0.2, 0.25) is 0 Å². The Morgan fingerprint density at radius 2 is 1.37 bits per heavy atom. The lowest BCUT2D eigenvalue weighted by Gasteiger charge is -2.27. The number of anilines is 1. The molecule has 0 aliphatic rings. The van der Waals surface area contributed by atoms with Gasteiger partial charge in [-0.05, 0) is 42.3 Å². The summed E-state index contributed by atoms with van der Waals surface area (Å²) in [7, 11) is -1.12. The summed E-state index contributed by atoms with van der Waals surface area (Å²) < 4.78 is 39.3. The fourth-order valence-electron chi connectivity index (χ4n) is 4.12. The molecular weight excluding hydrogens is 500 g/mol. The Labute approximate surface area is 223 Å². The van der Waals surface area contributed by atoms with Crippen molar-refractivity contribution in [3.05, 3.63) is 120 Å². The molecule has 0 aliphatic heterocycles. The fourth-order valence-corrected chi connectivity index (χ4v) is 5.55. The van der Waals surface area contributed by atoms with E-state index in [-0.39, 0.29) is 10.6 Å². The van der Waals surface area contributed by atoms with Crippen molar-refractivity contribution in [3.63, 3.8) is 0 Å². The number of rotatable bonds is 10. The van der Waals surface area contributed by atoms with Gasteiger partial charge in [-0.25, -0.2) is 8.42 Å². The number of sulfonamides is 1. The average Bonchev–Trinajstić information content (AvgIpc) is 2.95. The smallest absolute Gasteiger partial charge is 0.264 e. The number of hydrogen-bond donors (Lipinski definition) is 1. The SMILES string of the molecule is COc1ccc(N(CC(=O)N[C@H](c2ccccc2)c2ccc(C)cc2)S(=O)(=O)c2ccccc2)cc1OC. The summed E-state index contributed by atoms with van der Waals surface area (Å²) in [5.74, 6) is 0.329. The maximum absolute atomic E-state index is 13.8. The highest BCUT2D eigenvalue weighted by molar-refractivity contribution is 7.92. The second-order valence-electron chi connectivity index (χ2n) is 8.69. The minimum atomic E-state index is -4.09. The zero-order valence-electron chi connectivity index (χ0n) is 21.5. The predicted octanol–water partition coefficient (Wildman–Crippen LogP) is 5.11. The highest BCUT2D eigenvalue weighted by Gasteiger charge is 2.29. The molecule has 0 saturated carbocycles. The molecule has 0 aliphatic carbocycles. The van der Waals surface area contributed by atoms with Crippen molar-refractivity contribution in [3.8, 4) is 11.5 Å². The Hall–Kier alpha value is -4.30. The molecule has 0 radical (unpaired) electrons. The van der Waals surface area contributed by atoms with Crippen LogP contribution in [0.3, 0.4) is 0 Å². The van der Waals surface area contributed by atoms with E-state index in [1.807, 2.05) is 61.5 Å². The van der Waals surface area contributed by atoms with Crippen LogP contribution < -0.4 is 19.1 Å². The molecule has 1 N–H and O–H groups in total. The summed E-state index contributed by atoms with van der Waals surface area (Å²) in [5, 5.41) is 3.04. The number of amides is 1. The molecule has 0 saturated heterocycles. The number of nitrogens with zero attached hydrogens (tertiary/aromatic N) is 1. The van der Waals surface area contributed by atoms with Gasteiger partial charge in [0.05, 0.1) is 30.8 Å². The maximum atomic E-state index is 13.8. The third-order valence-corrected chi connectivity index (χ3v) is 7.91. The standard InChI is InChI=1S/C30H30N2O5S/c1-22-14-16-24(17-15-22)30(23-10-6-4-7-11-23)31-29(33)21-32(38(34,35)26-12-8-5-9-13-26)25-18-19-27(36-2)28(20-25)37-3/h4-20,30H,21H2,1-3H3,(H,31,33)/t30-/m1/s1. The molecule has 0 aromatic heterocycles. The number of methoxy groups -OCH3 is 2. The van der Waals surface area contributed by atoms with Gasteiger partial charge in [-0.3, -0.25) is 9.10 Å². The first-order valence-electron chi connectivity index (χ1n) is 12.0. The van der Waals surface area contributed by atoms with Gasteiger partial charge in [0.15, 0.2) is 11.5 Å². The van der Waals surface area contributed by atoms with E-state index in [9.17, 15) is 13.2 Å². The lowest BCUT2D eigenvalue weighted by molar-refractivity contribution is -0.120. The van der Waals surface area contributed by atoms with Crippen LogP contribution in [0.25, 0.3) is 0 Å². The normalized spacial score (nSPS) is 11.9. The first kappa shape index (κ1) is 26.8. The van der Waals surface area contributed by atoms with E-state index in [1.54, 1.807) is 36.4 Å². The van der Waals surface area contributed by atoms with Gasteiger partial charge in [-0.1, -0.05) is 78.4 Å². The van der Waals surface area contributed by atoms with Gasteiger partial charge in [0.2, 0.25) is 5.91 Å². The van der Waals surface area contributed by atoms with E-state index in [1.165, 1.54) is 26.4 Å². The van der Waals surface area contributed by atoms with E-state index in [0.29, 0.717) is 11.5 Å². The van der Waals surface area contributed by atoms with Crippen LogP contribution in [0.1, 0.15) is 22.7 Å². The zero-order chi connectivity index (χ0) is 27.1. The topological polar surface area (TPSA) is 84.9 Å². The van der Waals surface area contributed by atoms with Crippen LogP contribution in [0, 0.1) is 6.92 Å². The van der Waals surface area contributed by atoms with Crippen LogP contribution in [0.4, 0.5) is 5.69 Å². The summed E-state index contributed by atoms with van der Waals surface area (Å²) >= 11 is 0. The Kier molecular flexibility index (Phi) is 8.33. The quantitative estimate of drug-likeness (QED) is 0.308. The number of hydrogen-bond acceptors (Lipinski definition) is 5. The third kappa shape index (κ3) is 5.98. The molecule has 38 heavy (non-hydrogen) atoms. The molecule has 0 spiro atoms. The van der Waals surface area contributed by atoms with E-state index < -0.39 is 28.5 Å². The first-order chi connectivity index (χ1) is 18.3. The summed E-state index contributed by atoms with van der Waals surface area (Å²) in [5.41, 5.74) is 3.14. The molecule has 8 heteroatoms. The van der Waals surface area contributed by atoms with Crippen molar-refractivity contribution in [2.75, 3.05) is 25.1 Å². The molecular formula is C30H30N2O5S. The molecule has 0 unspecified atom stereocenters. The number of ether oxygens (including phenoxy) is 2. The first-order valence-corrected chi connectivity index (χ1v) is 13.5. The van der Waals surface area contributed by atoms with Crippen LogP contribution in [-0.2, 0) is 14.8 Å². The van der Waals surface area contributed by atoms with Crippen molar-refractivity contribution >= 4 is 21.6 Å². The highest BCUT2D eigenvalue weighted by Crippen LogP contribution is 2.34. The average molecular weight is 531 g/mol. The molecule has 0 heterocycles. The Morgan fingerprint density at radius 1 is 0.789 bits per heavy atom. The Balaban J connectivity index is 1.71. The van der Waals surface area contributed by atoms with Gasteiger partial charge in [-0.15, -0.1) is 0 Å². The maximum Gasteiger partial charge on any atom is 0.264 e. The zero-order valence-corrected chi connectivity index (χ0v) is 22.3. The van der Waals surface area contributed by atoms with Crippen LogP contribution in [0.5, 0.6) is 11.5 Å². The van der Waals surface area contributed by atoms with Crippen molar-refractivity contribution in [1.82, 2.24) is 5.32 Å². The van der Waals surface area contributed by atoms with Gasteiger partial charge in [0.1, 0.15) is 6.54 Å². The monoisotopic (exact) mass is 530 g/mol. The van der Waals surface area contributed by atoms with E-state index >= 15 is 0 Å². The molecule has 0 fully saturated rings. The predicted molar refractivity (Wildman–Crippen MR) is 148 cm³/mol. The molecule has 0 bridgehead atoms. The summed E-state index contributed by atoms with van der Waals surface area (Å²) in [4.78, 5) is 13.6. The Morgan fingerprint density at radius 3 is 1.97 bits per heavy atom. The lowest BCUT2D eigenvalue weighted by Crippen LogP contribution is -2.42. The number of aryl methyl sites for hydroxylation is 1. The Bertz CT molecular complexity index is 1470. The second kappa shape index (κ2) is 11.8. The van der Waals surface area contributed by atoms with Crippen LogP contribution >= 0.6 is 0 Å². The highest BCUT2D eigenvalue weighted by atomic mass is 32.2. The van der Waals surface area contributed by atoms with E-state index in [0.717, 1.165) is 21.0 Å². The molecule has 196 valence electrons. The van der Waals surface area contributed by atoms with Crippen LogP contribution in [-0.4, -0.2) is 35.1 Å². The summed E-state index contributed by atoms with van der Waals surface area (Å²) in [6.45, 7) is 1.55. The molecule has 4 rings (SSSR count). The number of carbonyl (C=O) groups is 1. The lowest BCUT2D eigenvalue weighted by atomic mass is 9.98. The molecule has 4 aromatic rings. The molecule has 1 atom stereocenters. The fraction of sp³-hybridized carbons (Fsp3) is 0.167. The number of carbonyl (C=O) groups excluding carboxylic acids is 1. The van der Waals surface area contributed by atoms with Crippen molar-refractivity contribution < 1.29 is 22.7 Å². The second-order valence-corrected chi connectivity index (χ2v) is 10.5. The number of nitrogens with one attached hydrogen (secondary N) is 1. The van der Waals surface area contributed by atoms with Gasteiger partial charge < -0.3 is 14.8 Å². The largest absolute Gasteiger partial charge is 0.493 e. The minimum absolute atomic E-state index is 0.0701. The van der Waals surface area contributed by atoms with Gasteiger partial charge in [-0.2, -0.15) is 0 Å². The molecule has 4 aromatic carbocycles. The molecule has 7 nitrogen and oxygen atoms in total. The van der Waals surface area contributed by atoms with E-state index in [2.05, 4.69) is 5.32 Å². The summed E-state index contributed by atoms with van der Waals surface area (Å²) in [6, 6.07) is 29.7. The van der Waals surface area contributed by atoms with E-state index in [4.69, 9.17) is 9.47 Å². The van der Waals surface area contributed by atoms with Gasteiger partial charge in [0, 0.05) is 6.07 Å². The van der Waals surface area contributed by atoms with Gasteiger partial charge in [0.25, 0.3) is 10.0 Å². The van der Waals surface area contributed by atoms with Crippen molar-refractivity contribution in [2.45, 2.75) is 17.9 Å². The molecule has 1 amide bonds. The minimum Gasteiger partial charge on any atom is -0.493 e. The number of benzene rings is 4. The van der Waals surface area contributed by atoms with Gasteiger partial charge >= 0.3 is 0 Å². The summed E-state index contributed by atoms with van der Waals surface area (Å²) in [6.07, 6.45) is 0. The van der Waals surface area contributed by atoms with Crippen molar-refractivity contribution in [1.29, 1.82) is 0 Å². The van der Waals surface area contributed by atoms with Crippen LogP contribution in [0.15, 0.2) is 108 Å². The van der Waals surface area contributed by atoms with Crippen molar-refractivity contribution in [2.24, 2.45) is 0 Å². The third-order valence-electron chi connectivity index (χ3n) is 6.12.